The molecule has 0 radical (unpaired) electrons. The molecule has 1 aromatic rings. The van der Waals surface area contributed by atoms with E-state index in [2.05, 4.69) is 24.4 Å². The van der Waals surface area contributed by atoms with E-state index in [0.29, 0.717) is 6.04 Å². The average Bonchev–Trinajstić information content (AvgIpc) is 2.84. The summed E-state index contributed by atoms with van der Waals surface area (Å²) in [5, 5.41) is 12.7. The zero-order valence-corrected chi connectivity index (χ0v) is 10.7. The molecule has 0 aliphatic heterocycles. The van der Waals surface area contributed by atoms with Crippen LogP contribution in [0, 0.1) is 5.92 Å². The van der Waals surface area contributed by atoms with Gasteiger partial charge in [-0.3, -0.25) is 0 Å². The van der Waals surface area contributed by atoms with Gasteiger partial charge in [0.25, 0.3) is 0 Å². The molecular formula is C15H23NO. The first-order valence-corrected chi connectivity index (χ1v) is 6.75. The number of aliphatic hydroxyl groups is 1. The highest BCUT2D eigenvalue weighted by Crippen LogP contribution is 2.28. The number of benzene rings is 1. The lowest BCUT2D eigenvalue weighted by molar-refractivity contribution is 0.282. The van der Waals surface area contributed by atoms with E-state index in [1.807, 2.05) is 12.1 Å². The van der Waals surface area contributed by atoms with Crippen LogP contribution >= 0.6 is 0 Å². The summed E-state index contributed by atoms with van der Waals surface area (Å²) < 4.78 is 0. The molecule has 0 spiro atoms. The van der Waals surface area contributed by atoms with Crippen LogP contribution in [0.2, 0.25) is 0 Å². The Morgan fingerprint density at radius 3 is 2.53 bits per heavy atom. The summed E-state index contributed by atoms with van der Waals surface area (Å²) in [6.45, 7) is 3.38. The molecule has 2 rings (SSSR count). The summed E-state index contributed by atoms with van der Waals surface area (Å²) in [6, 6.07) is 8.92. The molecule has 1 saturated carbocycles. The molecule has 0 aromatic heterocycles. The van der Waals surface area contributed by atoms with Crippen molar-refractivity contribution < 1.29 is 5.11 Å². The third-order valence-corrected chi connectivity index (χ3v) is 3.96. The van der Waals surface area contributed by atoms with E-state index in [0.717, 1.165) is 18.0 Å². The monoisotopic (exact) mass is 233 g/mol. The molecule has 1 aromatic carbocycles. The van der Waals surface area contributed by atoms with Gasteiger partial charge in [0.2, 0.25) is 0 Å². The number of rotatable bonds is 5. The topological polar surface area (TPSA) is 32.3 Å². The summed E-state index contributed by atoms with van der Waals surface area (Å²) in [5.41, 5.74) is 2.30. The van der Waals surface area contributed by atoms with Crippen LogP contribution < -0.4 is 5.32 Å². The quantitative estimate of drug-likeness (QED) is 0.819. The van der Waals surface area contributed by atoms with Gasteiger partial charge in [-0.2, -0.15) is 0 Å². The largest absolute Gasteiger partial charge is 0.392 e. The SMILES string of the molecule is CCC1CCCC1NCc1ccc(CO)cc1. The van der Waals surface area contributed by atoms with E-state index in [9.17, 15) is 0 Å². The van der Waals surface area contributed by atoms with Crippen molar-refractivity contribution in [2.24, 2.45) is 5.92 Å². The Kier molecular flexibility index (Phi) is 4.57. The van der Waals surface area contributed by atoms with Crippen molar-refractivity contribution in [1.29, 1.82) is 0 Å². The Hall–Kier alpha value is -0.860. The van der Waals surface area contributed by atoms with Crippen LogP contribution in [-0.4, -0.2) is 11.1 Å². The highest BCUT2D eigenvalue weighted by atomic mass is 16.3. The molecule has 1 aliphatic rings. The summed E-state index contributed by atoms with van der Waals surface area (Å²) in [7, 11) is 0. The molecule has 2 nitrogen and oxygen atoms in total. The Balaban J connectivity index is 1.84. The van der Waals surface area contributed by atoms with Gasteiger partial charge in [-0.15, -0.1) is 0 Å². The van der Waals surface area contributed by atoms with E-state index in [1.54, 1.807) is 0 Å². The number of nitrogens with one attached hydrogen (secondary N) is 1. The summed E-state index contributed by atoms with van der Waals surface area (Å²) >= 11 is 0. The van der Waals surface area contributed by atoms with Crippen molar-refractivity contribution in [3.63, 3.8) is 0 Å². The lowest BCUT2D eigenvalue weighted by Gasteiger charge is -2.19. The molecule has 94 valence electrons. The molecule has 2 heteroatoms. The van der Waals surface area contributed by atoms with Crippen molar-refractivity contribution in [2.75, 3.05) is 0 Å². The van der Waals surface area contributed by atoms with Crippen LogP contribution in [0.5, 0.6) is 0 Å². The molecule has 1 aliphatic carbocycles. The van der Waals surface area contributed by atoms with Crippen LogP contribution in [0.3, 0.4) is 0 Å². The second kappa shape index (κ2) is 6.18. The molecule has 0 amide bonds. The summed E-state index contributed by atoms with van der Waals surface area (Å²) in [6.07, 6.45) is 5.38. The Bertz CT molecular complexity index is 333. The number of hydrogen-bond acceptors (Lipinski definition) is 2. The van der Waals surface area contributed by atoms with E-state index in [1.165, 1.54) is 31.2 Å². The molecule has 0 saturated heterocycles. The number of aliphatic hydroxyl groups excluding tert-OH is 1. The highest BCUT2D eigenvalue weighted by molar-refractivity contribution is 5.21. The molecule has 2 atom stereocenters. The highest BCUT2D eigenvalue weighted by Gasteiger charge is 2.24. The van der Waals surface area contributed by atoms with E-state index < -0.39 is 0 Å². The molecule has 0 bridgehead atoms. The fourth-order valence-electron chi connectivity index (χ4n) is 2.81. The third kappa shape index (κ3) is 3.30. The standard InChI is InChI=1S/C15H23NO/c1-2-14-4-3-5-15(14)16-10-12-6-8-13(11-17)9-7-12/h6-9,14-17H,2-5,10-11H2,1H3. The molecule has 17 heavy (non-hydrogen) atoms. The van der Waals surface area contributed by atoms with E-state index in [4.69, 9.17) is 5.11 Å². The fourth-order valence-corrected chi connectivity index (χ4v) is 2.81. The Labute approximate surface area is 104 Å². The van der Waals surface area contributed by atoms with Crippen molar-refractivity contribution in [3.8, 4) is 0 Å². The first-order chi connectivity index (χ1) is 8.33. The van der Waals surface area contributed by atoms with Gasteiger partial charge in [-0.1, -0.05) is 44.0 Å². The first-order valence-electron chi connectivity index (χ1n) is 6.75. The van der Waals surface area contributed by atoms with Gasteiger partial charge >= 0.3 is 0 Å². The maximum atomic E-state index is 8.98. The lowest BCUT2D eigenvalue weighted by Crippen LogP contribution is -2.31. The molecule has 0 heterocycles. The molecule has 2 unspecified atom stereocenters. The second-order valence-corrected chi connectivity index (χ2v) is 5.06. The minimum absolute atomic E-state index is 0.133. The van der Waals surface area contributed by atoms with Gasteiger partial charge in [0.15, 0.2) is 0 Å². The lowest BCUT2D eigenvalue weighted by atomic mass is 10.0. The van der Waals surface area contributed by atoms with Crippen LogP contribution in [0.1, 0.15) is 43.7 Å². The molecule has 2 N–H and O–H groups in total. The van der Waals surface area contributed by atoms with Gasteiger partial charge in [-0.25, -0.2) is 0 Å². The second-order valence-electron chi connectivity index (χ2n) is 5.06. The maximum Gasteiger partial charge on any atom is 0.0681 e. The van der Waals surface area contributed by atoms with E-state index in [-0.39, 0.29) is 6.61 Å². The number of hydrogen-bond donors (Lipinski definition) is 2. The normalized spacial score (nSPS) is 24.1. The Morgan fingerprint density at radius 1 is 1.18 bits per heavy atom. The van der Waals surface area contributed by atoms with Gasteiger partial charge in [-0.05, 0) is 29.9 Å². The van der Waals surface area contributed by atoms with Crippen molar-refractivity contribution >= 4 is 0 Å². The smallest absolute Gasteiger partial charge is 0.0681 e. The van der Waals surface area contributed by atoms with E-state index >= 15 is 0 Å². The van der Waals surface area contributed by atoms with Crippen LogP contribution in [-0.2, 0) is 13.2 Å². The average molecular weight is 233 g/mol. The van der Waals surface area contributed by atoms with Gasteiger partial charge in [0.05, 0.1) is 6.61 Å². The predicted molar refractivity (Wildman–Crippen MR) is 70.6 cm³/mol. The van der Waals surface area contributed by atoms with Crippen molar-refractivity contribution in [3.05, 3.63) is 35.4 Å². The third-order valence-electron chi connectivity index (χ3n) is 3.96. The predicted octanol–water partition coefficient (Wildman–Crippen LogP) is 2.85. The Morgan fingerprint density at radius 2 is 1.88 bits per heavy atom. The van der Waals surface area contributed by atoms with Crippen molar-refractivity contribution in [1.82, 2.24) is 5.32 Å². The van der Waals surface area contributed by atoms with Gasteiger partial charge < -0.3 is 10.4 Å². The fraction of sp³-hybridized carbons (Fsp3) is 0.600. The summed E-state index contributed by atoms with van der Waals surface area (Å²) in [4.78, 5) is 0. The molecular weight excluding hydrogens is 210 g/mol. The van der Waals surface area contributed by atoms with Crippen LogP contribution in [0.15, 0.2) is 24.3 Å². The first kappa shape index (κ1) is 12.6. The minimum atomic E-state index is 0.133. The zero-order chi connectivity index (χ0) is 12.1. The van der Waals surface area contributed by atoms with Crippen molar-refractivity contribution in [2.45, 2.75) is 51.8 Å². The maximum absolute atomic E-state index is 8.98. The van der Waals surface area contributed by atoms with Gasteiger partial charge in [0, 0.05) is 12.6 Å². The van der Waals surface area contributed by atoms with Gasteiger partial charge in [0.1, 0.15) is 0 Å². The summed E-state index contributed by atoms with van der Waals surface area (Å²) in [5.74, 6) is 0.867. The van der Waals surface area contributed by atoms with Crippen LogP contribution in [0.25, 0.3) is 0 Å². The van der Waals surface area contributed by atoms with Crippen LogP contribution in [0.4, 0.5) is 0 Å². The minimum Gasteiger partial charge on any atom is -0.392 e. The molecule has 1 fully saturated rings. The zero-order valence-electron chi connectivity index (χ0n) is 10.7.